The number of aromatic nitrogens is 2. The zero-order valence-corrected chi connectivity index (χ0v) is 11.6. The van der Waals surface area contributed by atoms with Crippen LogP contribution < -0.4 is 0 Å². The van der Waals surface area contributed by atoms with Gasteiger partial charge >= 0.3 is 5.97 Å². The fraction of sp³-hybridized carbons (Fsp3) is 0.143. The van der Waals surface area contributed by atoms with Crippen molar-refractivity contribution < 1.29 is 13.9 Å². The van der Waals surface area contributed by atoms with Crippen LogP contribution in [0.3, 0.4) is 0 Å². The van der Waals surface area contributed by atoms with Gasteiger partial charge in [-0.15, -0.1) is 0 Å². The maximum atomic E-state index is 11.4. The quantitative estimate of drug-likeness (QED) is 0.733. The lowest BCUT2D eigenvalue weighted by atomic mass is 10.1. The molecular formula is C14H11ClN2O3. The van der Waals surface area contributed by atoms with E-state index in [0.717, 1.165) is 16.5 Å². The zero-order chi connectivity index (χ0) is 14.3. The Kier molecular flexibility index (Phi) is 2.99. The molecule has 0 fully saturated rings. The third-order valence-corrected chi connectivity index (χ3v) is 3.35. The van der Waals surface area contributed by atoms with E-state index >= 15 is 0 Å². The molecule has 0 aliphatic heterocycles. The van der Waals surface area contributed by atoms with Crippen molar-refractivity contribution in [2.75, 3.05) is 7.11 Å². The van der Waals surface area contributed by atoms with Gasteiger partial charge in [0, 0.05) is 22.0 Å². The molecule has 5 nitrogen and oxygen atoms in total. The maximum absolute atomic E-state index is 11.4. The monoisotopic (exact) mass is 290 g/mol. The van der Waals surface area contributed by atoms with Gasteiger partial charge < -0.3 is 9.15 Å². The first-order valence-electron chi connectivity index (χ1n) is 5.93. The first-order valence-corrected chi connectivity index (χ1v) is 6.30. The Hall–Kier alpha value is -2.27. The Morgan fingerprint density at radius 3 is 2.95 bits per heavy atom. The van der Waals surface area contributed by atoms with Crippen LogP contribution in [-0.4, -0.2) is 23.3 Å². The molecule has 1 N–H and O–H groups in total. The van der Waals surface area contributed by atoms with Gasteiger partial charge in [-0.1, -0.05) is 11.6 Å². The molecule has 1 aromatic carbocycles. The van der Waals surface area contributed by atoms with E-state index in [9.17, 15) is 4.79 Å². The Balaban J connectivity index is 2.12. The summed E-state index contributed by atoms with van der Waals surface area (Å²) in [6, 6.07) is 7.01. The molecule has 0 saturated heterocycles. The number of esters is 1. The van der Waals surface area contributed by atoms with E-state index < -0.39 is 5.97 Å². The van der Waals surface area contributed by atoms with Crippen molar-refractivity contribution in [2.45, 2.75) is 6.92 Å². The molecular weight excluding hydrogens is 280 g/mol. The fourth-order valence-corrected chi connectivity index (χ4v) is 2.26. The standard InChI is InChI=1S/C14H11ClN2O3/c1-7-9-5-8(15)3-4-12(9)20-13(7)10-6-11(17-16-10)14(18)19-2/h3-6H,1-2H3,(H,16,17). The molecule has 3 rings (SSSR count). The number of carbonyl (C=O) groups excluding carboxylic acids is 1. The predicted octanol–water partition coefficient (Wildman–Crippen LogP) is 3.57. The summed E-state index contributed by atoms with van der Waals surface area (Å²) in [4.78, 5) is 11.4. The number of aryl methyl sites for hydroxylation is 1. The van der Waals surface area contributed by atoms with Crippen molar-refractivity contribution >= 4 is 28.5 Å². The molecule has 0 bridgehead atoms. The molecule has 0 spiro atoms. The number of fused-ring (bicyclic) bond motifs is 1. The van der Waals surface area contributed by atoms with Crippen molar-refractivity contribution in [3.8, 4) is 11.5 Å². The number of nitrogens with zero attached hydrogens (tertiary/aromatic N) is 1. The minimum absolute atomic E-state index is 0.278. The van der Waals surface area contributed by atoms with Crippen LogP contribution in [0.4, 0.5) is 0 Å². The Bertz CT molecular complexity index is 804. The lowest BCUT2D eigenvalue weighted by Gasteiger charge is -1.92. The van der Waals surface area contributed by atoms with Crippen LogP contribution in [0.15, 0.2) is 28.7 Å². The fourth-order valence-electron chi connectivity index (χ4n) is 2.09. The van der Waals surface area contributed by atoms with Gasteiger partial charge in [0.1, 0.15) is 17.0 Å². The summed E-state index contributed by atoms with van der Waals surface area (Å²) in [5.74, 6) is 0.134. The topological polar surface area (TPSA) is 68.1 Å². The highest BCUT2D eigenvalue weighted by atomic mass is 35.5. The maximum Gasteiger partial charge on any atom is 0.356 e. The lowest BCUT2D eigenvalue weighted by Crippen LogP contribution is -2.00. The number of halogens is 1. The van der Waals surface area contributed by atoms with Gasteiger partial charge in [0.25, 0.3) is 0 Å². The lowest BCUT2D eigenvalue weighted by molar-refractivity contribution is 0.0594. The molecule has 0 saturated carbocycles. The zero-order valence-electron chi connectivity index (χ0n) is 10.9. The van der Waals surface area contributed by atoms with E-state index in [2.05, 4.69) is 14.9 Å². The van der Waals surface area contributed by atoms with Gasteiger partial charge in [0.15, 0.2) is 5.76 Å². The largest absolute Gasteiger partial charge is 0.464 e. The van der Waals surface area contributed by atoms with E-state index in [1.54, 1.807) is 12.1 Å². The molecule has 6 heteroatoms. The van der Waals surface area contributed by atoms with Crippen LogP contribution in [0.25, 0.3) is 22.4 Å². The molecule has 0 amide bonds. The van der Waals surface area contributed by atoms with Crippen molar-refractivity contribution in [3.05, 3.63) is 40.5 Å². The number of hydrogen-bond donors (Lipinski definition) is 1. The molecule has 3 aromatic rings. The second-order valence-corrected chi connectivity index (χ2v) is 4.79. The Morgan fingerprint density at radius 1 is 1.40 bits per heavy atom. The molecule has 2 aromatic heterocycles. The first kappa shape index (κ1) is 12.7. The summed E-state index contributed by atoms with van der Waals surface area (Å²) in [5.41, 5.74) is 2.48. The minimum Gasteiger partial charge on any atom is -0.464 e. The smallest absolute Gasteiger partial charge is 0.356 e. The summed E-state index contributed by atoms with van der Waals surface area (Å²) in [6.45, 7) is 1.92. The van der Waals surface area contributed by atoms with Crippen LogP contribution in [0.5, 0.6) is 0 Å². The normalized spacial score (nSPS) is 10.9. The second-order valence-electron chi connectivity index (χ2n) is 4.36. The molecule has 0 atom stereocenters. The Morgan fingerprint density at radius 2 is 2.20 bits per heavy atom. The average molecular weight is 291 g/mol. The van der Waals surface area contributed by atoms with Crippen LogP contribution in [0, 0.1) is 6.92 Å². The van der Waals surface area contributed by atoms with Gasteiger partial charge in [-0.2, -0.15) is 5.10 Å². The second kappa shape index (κ2) is 4.68. The Labute approximate surface area is 119 Å². The molecule has 102 valence electrons. The molecule has 0 aliphatic carbocycles. The highest BCUT2D eigenvalue weighted by Crippen LogP contribution is 2.33. The third kappa shape index (κ3) is 1.96. The van der Waals surface area contributed by atoms with E-state index in [-0.39, 0.29) is 5.69 Å². The average Bonchev–Trinajstić information content (AvgIpc) is 3.04. The van der Waals surface area contributed by atoms with Gasteiger partial charge in [0.05, 0.1) is 7.11 Å². The van der Waals surface area contributed by atoms with Crippen molar-refractivity contribution in [1.29, 1.82) is 0 Å². The van der Waals surface area contributed by atoms with Crippen LogP contribution >= 0.6 is 11.6 Å². The van der Waals surface area contributed by atoms with Crippen LogP contribution in [0.2, 0.25) is 5.02 Å². The number of carbonyl (C=O) groups is 1. The number of methoxy groups -OCH3 is 1. The number of benzene rings is 1. The predicted molar refractivity (Wildman–Crippen MR) is 74.9 cm³/mol. The van der Waals surface area contributed by atoms with Crippen molar-refractivity contribution in [3.63, 3.8) is 0 Å². The van der Waals surface area contributed by atoms with E-state index in [0.29, 0.717) is 16.5 Å². The number of H-pyrrole nitrogens is 1. The molecule has 0 radical (unpaired) electrons. The summed E-state index contributed by atoms with van der Waals surface area (Å²) in [7, 11) is 1.32. The first-order chi connectivity index (χ1) is 9.60. The number of rotatable bonds is 2. The SMILES string of the molecule is COC(=O)c1cc(-c2oc3ccc(Cl)cc3c2C)n[nH]1. The molecule has 0 unspecified atom stereocenters. The molecule has 0 aliphatic rings. The van der Waals surface area contributed by atoms with E-state index in [1.165, 1.54) is 7.11 Å². The van der Waals surface area contributed by atoms with Crippen LogP contribution in [-0.2, 0) is 4.74 Å². The van der Waals surface area contributed by atoms with Crippen LogP contribution in [0.1, 0.15) is 16.1 Å². The van der Waals surface area contributed by atoms with Gasteiger partial charge in [-0.3, -0.25) is 5.10 Å². The van der Waals surface area contributed by atoms with Crippen molar-refractivity contribution in [2.24, 2.45) is 0 Å². The van der Waals surface area contributed by atoms with E-state index in [1.807, 2.05) is 19.1 Å². The summed E-state index contributed by atoms with van der Waals surface area (Å²) < 4.78 is 10.4. The number of hydrogen-bond acceptors (Lipinski definition) is 4. The van der Waals surface area contributed by atoms with Gasteiger partial charge in [-0.05, 0) is 25.1 Å². The molecule has 2 heterocycles. The number of nitrogens with one attached hydrogen (secondary N) is 1. The third-order valence-electron chi connectivity index (χ3n) is 3.11. The molecule has 20 heavy (non-hydrogen) atoms. The number of aromatic amines is 1. The summed E-state index contributed by atoms with van der Waals surface area (Å²) in [6.07, 6.45) is 0. The summed E-state index contributed by atoms with van der Waals surface area (Å²) in [5, 5.41) is 8.28. The van der Waals surface area contributed by atoms with Crippen molar-refractivity contribution in [1.82, 2.24) is 10.2 Å². The minimum atomic E-state index is -0.472. The highest BCUT2D eigenvalue weighted by molar-refractivity contribution is 6.31. The van der Waals surface area contributed by atoms with E-state index in [4.69, 9.17) is 16.0 Å². The highest BCUT2D eigenvalue weighted by Gasteiger charge is 2.17. The number of furan rings is 1. The van der Waals surface area contributed by atoms with Gasteiger partial charge in [-0.25, -0.2) is 4.79 Å². The summed E-state index contributed by atoms with van der Waals surface area (Å²) >= 11 is 5.99. The van der Waals surface area contributed by atoms with Gasteiger partial charge in [0.2, 0.25) is 0 Å². The number of ether oxygens (including phenoxy) is 1.